The second-order valence-electron chi connectivity index (χ2n) is 6.63. The summed E-state index contributed by atoms with van der Waals surface area (Å²) in [7, 11) is 0. The molecule has 0 unspecified atom stereocenters. The maximum Gasteiger partial charge on any atom is 0.321 e. The maximum absolute atomic E-state index is 12.5. The van der Waals surface area contributed by atoms with Crippen molar-refractivity contribution in [1.82, 2.24) is 9.80 Å². The van der Waals surface area contributed by atoms with Crippen molar-refractivity contribution in [1.29, 1.82) is 0 Å². The number of piperidine rings is 1. The molecule has 2 saturated heterocycles. The number of nitrogens with one attached hydrogen (secondary N) is 1. The van der Waals surface area contributed by atoms with Gasteiger partial charge in [-0.05, 0) is 38.1 Å². The van der Waals surface area contributed by atoms with E-state index in [1.807, 2.05) is 0 Å². The van der Waals surface area contributed by atoms with Crippen LogP contribution in [0.3, 0.4) is 0 Å². The van der Waals surface area contributed by atoms with E-state index < -0.39 is 6.10 Å². The standard InChI is InChI=1S/C17H23N3O4/c21-14-10-20(9-13(14)19-6-2-1-3-7-19)17(22)18-12-4-5-15-16(8-12)24-11-23-15/h4-5,8,13-14,21H,1-3,6-7,9-11H2,(H,18,22)/t13-,14-/m1/s1. The number of anilines is 1. The van der Waals surface area contributed by atoms with Gasteiger partial charge in [0.05, 0.1) is 18.7 Å². The molecule has 0 spiro atoms. The number of fused-ring (bicyclic) bond motifs is 1. The van der Waals surface area contributed by atoms with E-state index in [0.717, 1.165) is 13.1 Å². The van der Waals surface area contributed by atoms with Crippen molar-refractivity contribution in [3.63, 3.8) is 0 Å². The molecular formula is C17H23N3O4. The number of carbonyl (C=O) groups is 1. The van der Waals surface area contributed by atoms with Gasteiger partial charge in [0.25, 0.3) is 0 Å². The number of rotatable bonds is 2. The first-order valence-electron chi connectivity index (χ1n) is 8.58. The molecule has 2 atom stereocenters. The molecule has 130 valence electrons. The predicted octanol–water partition coefficient (Wildman–Crippen LogP) is 1.48. The van der Waals surface area contributed by atoms with Crippen LogP contribution in [0.15, 0.2) is 18.2 Å². The van der Waals surface area contributed by atoms with Gasteiger partial charge in [-0.15, -0.1) is 0 Å². The van der Waals surface area contributed by atoms with Crippen molar-refractivity contribution in [3.05, 3.63) is 18.2 Å². The molecule has 7 heteroatoms. The largest absolute Gasteiger partial charge is 0.454 e. The second-order valence-corrected chi connectivity index (χ2v) is 6.63. The summed E-state index contributed by atoms with van der Waals surface area (Å²) in [6.45, 7) is 3.18. The highest BCUT2D eigenvalue weighted by Crippen LogP contribution is 2.34. The number of amides is 2. The molecule has 7 nitrogen and oxygen atoms in total. The van der Waals surface area contributed by atoms with Crippen molar-refractivity contribution >= 4 is 11.7 Å². The molecule has 0 bridgehead atoms. The van der Waals surface area contributed by atoms with Gasteiger partial charge in [-0.2, -0.15) is 0 Å². The summed E-state index contributed by atoms with van der Waals surface area (Å²) in [6.07, 6.45) is 3.12. The molecule has 0 aromatic heterocycles. The van der Waals surface area contributed by atoms with E-state index in [-0.39, 0.29) is 18.9 Å². The van der Waals surface area contributed by atoms with Gasteiger partial charge < -0.3 is 24.8 Å². The quantitative estimate of drug-likeness (QED) is 0.857. The Morgan fingerprint density at radius 1 is 1.12 bits per heavy atom. The number of aliphatic hydroxyl groups excluding tert-OH is 1. The van der Waals surface area contributed by atoms with Crippen LogP contribution in [0.4, 0.5) is 10.5 Å². The van der Waals surface area contributed by atoms with Crippen molar-refractivity contribution < 1.29 is 19.4 Å². The Labute approximate surface area is 141 Å². The average molecular weight is 333 g/mol. The van der Waals surface area contributed by atoms with Crippen LogP contribution >= 0.6 is 0 Å². The fourth-order valence-electron chi connectivity index (χ4n) is 3.72. The average Bonchev–Trinajstić information content (AvgIpc) is 3.21. The van der Waals surface area contributed by atoms with E-state index in [4.69, 9.17) is 9.47 Å². The normalized spacial score (nSPS) is 26.6. The maximum atomic E-state index is 12.5. The number of ether oxygens (including phenoxy) is 2. The van der Waals surface area contributed by atoms with Gasteiger partial charge in [0, 0.05) is 18.3 Å². The molecule has 2 fully saturated rings. The molecule has 2 amide bonds. The summed E-state index contributed by atoms with van der Waals surface area (Å²) in [5, 5.41) is 13.2. The molecule has 3 aliphatic heterocycles. The fraction of sp³-hybridized carbons (Fsp3) is 0.588. The zero-order valence-corrected chi connectivity index (χ0v) is 13.6. The number of β-amino-alcohol motifs (C(OH)–C–C–N with tert-alkyl or cyclic N) is 1. The summed E-state index contributed by atoms with van der Waals surface area (Å²) in [5.41, 5.74) is 0.667. The lowest BCUT2D eigenvalue weighted by atomic mass is 10.1. The monoisotopic (exact) mass is 333 g/mol. The van der Waals surface area contributed by atoms with Gasteiger partial charge in [-0.1, -0.05) is 6.42 Å². The lowest BCUT2D eigenvalue weighted by Crippen LogP contribution is -2.46. The number of likely N-dealkylation sites (tertiary alicyclic amines) is 2. The number of carbonyl (C=O) groups excluding carboxylic acids is 1. The minimum atomic E-state index is -0.481. The smallest absolute Gasteiger partial charge is 0.321 e. The number of hydrogen-bond donors (Lipinski definition) is 2. The van der Waals surface area contributed by atoms with Crippen LogP contribution in [-0.4, -0.2) is 66.1 Å². The van der Waals surface area contributed by atoms with Crippen LogP contribution in [0.1, 0.15) is 19.3 Å². The van der Waals surface area contributed by atoms with Crippen molar-refractivity contribution in [2.45, 2.75) is 31.4 Å². The molecule has 0 radical (unpaired) electrons. The van der Waals surface area contributed by atoms with Crippen LogP contribution in [0.5, 0.6) is 11.5 Å². The van der Waals surface area contributed by atoms with Crippen molar-refractivity contribution in [2.24, 2.45) is 0 Å². The third kappa shape index (κ3) is 3.01. The van der Waals surface area contributed by atoms with Crippen LogP contribution in [0.25, 0.3) is 0 Å². The SMILES string of the molecule is O=C(Nc1ccc2c(c1)OCO2)N1C[C@@H](O)[C@H](N2CCCCC2)C1. The Hall–Kier alpha value is -1.99. The minimum Gasteiger partial charge on any atom is -0.454 e. The molecular weight excluding hydrogens is 310 g/mol. The van der Waals surface area contributed by atoms with Gasteiger partial charge in [0.15, 0.2) is 11.5 Å². The molecule has 0 saturated carbocycles. The third-order valence-electron chi connectivity index (χ3n) is 5.03. The van der Waals surface area contributed by atoms with Gasteiger partial charge in [0.2, 0.25) is 6.79 Å². The van der Waals surface area contributed by atoms with Crippen molar-refractivity contribution in [3.8, 4) is 11.5 Å². The molecule has 1 aromatic rings. The fourth-order valence-corrected chi connectivity index (χ4v) is 3.72. The summed E-state index contributed by atoms with van der Waals surface area (Å²) >= 11 is 0. The summed E-state index contributed by atoms with van der Waals surface area (Å²) in [5.74, 6) is 1.33. The molecule has 3 aliphatic rings. The first-order valence-corrected chi connectivity index (χ1v) is 8.58. The van der Waals surface area contributed by atoms with E-state index in [1.165, 1.54) is 19.3 Å². The Kier molecular flexibility index (Phi) is 4.20. The number of benzene rings is 1. The first kappa shape index (κ1) is 15.5. The summed E-state index contributed by atoms with van der Waals surface area (Å²) in [4.78, 5) is 16.5. The van der Waals surface area contributed by atoms with E-state index in [0.29, 0.717) is 30.3 Å². The molecule has 2 N–H and O–H groups in total. The Balaban J connectivity index is 1.38. The van der Waals surface area contributed by atoms with Crippen molar-refractivity contribution in [2.75, 3.05) is 38.3 Å². The molecule has 1 aromatic carbocycles. The Morgan fingerprint density at radius 2 is 1.92 bits per heavy atom. The zero-order valence-electron chi connectivity index (χ0n) is 13.6. The van der Waals surface area contributed by atoms with Gasteiger partial charge in [-0.25, -0.2) is 4.79 Å². The summed E-state index contributed by atoms with van der Waals surface area (Å²) < 4.78 is 10.6. The molecule has 4 rings (SSSR count). The molecule has 3 heterocycles. The topological polar surface area (TPSA) is 74.3 Å². The Morgan fingerprint density at radius 3 is 2.75 bits per heavy atom. The minimum absolute atomic E-state index is 0.0489. The van der Waals surface area contributed by atoms with Gasteiger partial charge in [-0.3, -0.25) is 4.90 Å². The van der Waals surface area contributed by atoms with Crippen LogP contribution in [-0.2, 0) is 0 Å². The van der Waals surface area contributed by atoms with Crippen LogP contribution in [0.2, 0.25) is 0 Å². The second kappa shape index (κ2) is 6.49. The number of nitrogens with zero attached hydrogens (tertiary/aromatic N) is 2. The van der Waals surface area contributed by atoms with Crippen LogP contribution in [0, 0.1) is 0 Å². The van der Waals surface area contributed by atoms with Gasteiger partial charge in [0.1, 0.15) is 0 Å². The highest BCUT2D eigenvalue weighted by atomic mass is 16.7. The third-order valence-corrected chi connectivity index (χ3v) is 5.03. The highest BCUT2D eigenvalue weighted by molar-refractivity contribution is 5.90. The highest BCUT2D eigenvalue weighted by Gasteiger charge is 2.38. The first-order chi connectivity index (χ1) is 11.7. The van der Waals surface area contributed by atoms with Gasteiger partial charge >= 0.3 is 6.03 Å². The number of urea groups is 1. The molecule has 0 aliphatic carbocycles. The van der Waals surface area contributed by atoms with E-state index in [1.54, 1.807) is 23.1 Å². The Bertz CT molecular complexity index is 618. The lowest BCUT2D eigenvalue weighted by molar-refractivity contribution is 0.0706. The predicted molar refractivity (Wildman–Crippen MR) is 88.4 cm³/mol. The van der Waals surface area contributed by atoms with E-state index in [2.05, 4.69) is 10.2 Å². The zero-order chi connectivity index (χ0) is 16.5. The summed E-state index contributed by atoms with van der Waals surface area (Å²) in [6, 6.07) is 5.20. The van der Waals surface area contributed by atoms with E-state index >= 15 is 0 Å². The molecule has 24 heavy (non-hydrogen) atoms. The number of hydrogen-bond acceptors (Lipinski definition) is 5. The lowest BCUT2D eigenvalue weighted by Gasteiger charge is -2.33. The van der Waals surface area contributed by atoms with Crippen LogP contribution < -0.4 is 14.8 Å². The number of aliphatic hydroxyl groups is 1. The van der Waals surface area contributed by atoms with E-state index in [9.17, 15) is 9.90 Å².